The van der Waals surface area contributed by atoms with Crippen LogP contribution in [0.25, 0.3) is 0 Å². The molecular formula is C18H28N2. The van der Waals surface area contributed by atoms with E-state index in [9.17, 15) is 0 Å². The molecule has 1 rings (SSSR count). The van der Waals surface area contributed by atoms with Crippen molar-refractivity contribution in [3.63, 3.8) is 0 Å². The second kappa shape index (κ2) is 9.58. The van der Waals surface area contributed by atoms with Crippen molar-refractivity contribution in [3.8, 4) is 11.8 Å². The molecule has 0 amide bonds. The molecule has 0 aromatic heterocycles. The van der Waals surface area contributed by atoms with Gasteiger partial charge < -0.3 is 5.73 Å². The van der Waals surface area contributed by atoms with Crippen molar-refractivity contribution in [1.82, 2.24) is 4.90 Å². The Hall–Kier alpha value is -1.30. The van der Waals surface area contributed by atoms with Gasteiger partial charge in [0.15, 0.2) is 0 Å². The molecule has 110 valence electrons. The zero-order chi connectivity index (χ0) is 14.8. The maximum absolute atomic E-state index is 5.43. The van der Waals surface area contributed by atoms with Crippen LogP contribution in [0.15, 0.2) is 24.3 Å². The minimum atomic E-state index is 0.416. The topological polar surface area (TPSA) is 29.3 Å². The number of benzene rings is 1. The van der Waals surface area contributed by atoms with Gasteiger partial charge >= 0.3 is 0 Å². The molecule has 1 aromatic carbocycles. The smallest absolute Gasteiger partial charge is 0.0555 e. The number of nitrogens with two attached hydrogens (primary N) is 1. The van der Waals surface area contributed by atoms with Gasteiger partial charge in [0.05, 0.1) is 6.54 Å². The first-order valence-corrected chi connectivity index (χ1v) is 7.73. The molecule has 20 heavy (non-hydrogen) atoms. The van der Waals surface area contributed by atoms with Crippen LogP contribution >= 0.6 is 0 Å². The minimum absolute atomic E-state index is 0.416. The van der Waals surface area contributed by atoms with E-state index in [0.29, 0.717) is 12.6 Å². The zero-order valence-corrected chi connectivity index (χ0v) is 13.2. The van der Waals surface area contributed by atoms with E-state index in [1.807, 2.05) is 6.07 Å². The first-order chi connectivity index (χ1) is 9.71. The van der Waals surface area contributed by atoms with Gasteiger partial charge in [0.25, 0.3) is 0 Å². The number of unbranched alkanes of at least 4 members (excludes halogenated alkanes) is 1. The fraction of sp³-hybridized carbons (Fsp3) is 0.556. The largest absolute Gasteiger partial charge is 0.320 e. The van der Waals surface area contributed by atoms with Crippen LogP contribution in [0.1, 0.15) is 51.2 Å². The van der Waals surface area contributed by atoms with Crippen LogP contribution in [-0.4, -0.2) is 24.0 Å². The van der Waals surface area contributed by atoms with Crippen molar-refractivity contribution >= 4 is 0 Å². The van der Waals surface area contributed by atoms with E-state index in [1.54, 1.807) is 0 Å². The monoisotopic (exact) mass is 272 g/mol. The molecule has 0 fully saturated rings. The Morgan fingerprint density at radius 3 is 2.75 bits per heavy atom. The van der Waals surface area contributed by atoms with Crippen LogP contribution in [0, 0.1) is 11.8 Å². The average molecular weight is 272 g/mol. The quantitative estimate of drug-likeness (QED) is 0.771. The Bertz CT molecular complexity index is 442. The molecule has 1 atom stereocenters. The molecule has 0 saturated heterocycles. The molecule has 0 spiro atoms. The molecule has 0 heterocycles. The first-order valence-electron chi connectivity index (χ1n) is 7.73. The van der Waals surface area contributed by atoms with Crippen LogP contribution in [0.3, 0.4) is 0 Å². The standard InChI is InChI=1S/C18H28N2/c1-4-6-13-20(16(3)5-2)15-18-10-7-9-17(14-18)11-8-12-19/h7,9-10,14,16H,4-6,12-13,15,19H2,1-3H3. The summed E-state index contributed by atoms with van der Waals surface area (Å²) in [6, 6.07) is 9.13. The molecule has 0 bridgehead atoms. The zero-order valence-electron chi connectivity index (χ0n) is 13.2. The lowest BCUT2D eigenvalue weighted by atomic mass is 10.1. The van der Waals surface area contributed by atoms with Gasteiger partial charge in [-0.25, -0.2) is 0 Å². The Balaban J connectivity index is 2.76. The lowest BCUT2D eigenvalue weighted by Gasteiger charge is -2.28. The molecule has 0 aliphatic carbocycles. The van der Waals surface area contributed by atoms with E-state index in [0.717, 1.165) is 12.1 Å². The van der Waals surface area contributed by atoms with Gasteiger partial charge in [0.1, 0.15) is 0 Å². The third kappa shape index (κ3) is 5.77. The van der Waals surface area contributed by atoms with E-state index in [-0.39, 0.29) is 0 Å². The number of nitrogens with zero attached hydrogens (tertiary/aromatic N) is 1. The molecule has 2 heteroatoms. The SMILES string of the molecule is CCCCN(Cc1cccc(C#CCN)c1)C(C)CC. The van der Waals surface area contributed by atoms with Gasteiger partial charge in [-0.05, 0) is 44.0 Å². The number of hydrogen-bond acceptors (Lipinski definition) is 2. The molecule has 0 aliphatic rings. The van der Waals surface area contributed by atoms with Crippen LogP contribution in [0.4, 0.5) is 0 Å². The fourth-order valence-electron chi connectivity index (χ4n) is 2.21. The van der Waals surface area contributed by atoms with Crippen molar-refractivity contribution < 1.29 is 0 Å². The minimum Gasteiger partial charge on any atom is -0.320 e. The lowest BCUT2D eigenvalue weighted by molar-refractivity contribution is 0.192. The van der Waals surface area contributed by atoms with Crippen LogP contribution in [-0.2, 0) is 6.54 Å². The predicted molar refractivity (Wildman–Crippen MR) is 87.4 cm³/mol. The summed E-state index contributed by atoms with van der Waals surface area (Å²) in [7, 11) is 0. The molecule has 0 radical (unpaired) electrons. The van der Waals surface area contributed by atoms with Gasteiger partial charge in [-0.15, -0.1) is 0 Å². The van der Waals surface area contributed by atoms with Crippen molar-refractivity contribution in [2.45, 2.75) is 52.6 Å². The third-order valence-electron chi connectivity index (χ3n) is 3.66. The third-order valence-corrected chi connectivity index (χ3v) is 3.66. The van der Waals surface area contributed by atoms with Crippen molar-refractivity contribution in [1.29, 1.82) is 0 Å². The van der Waals surface area contributed by atoms with Crippen molar-refractivity contribution in [2.75, 3.05) is 13.1 Å². The van der Waals surface area contributed by atoms with Crippen LogP contribution < -0.4 is 5.73 Å². The Kier molecular flexibility index (Phi) is 8.02. The summed E-state index contributed by atoms with van der Waals surface area (Å²) in [5, 5.41) is 0. The number of hydrogen-bond donors (Lipinski definition) is 1. The van der Waals surface area contributed by atoms with E-state index >= 15 is 0 Å². The lowest BCUT2D eigenvalue weighted by Crippen LogP contribution is -2.33. The van der Waals surface area contributed by atoms with E-state index < -0.39 is 0 Å². The molecular weight excluding hydrogens is 244 g/mol. The molecule has 0 aliphatic heterocycles. The first kappa shape index (κ1) is 16.8. The highest BCUT2D eigenvalue weighted by Crippen LogP contribution is 2.13. The van der Waals surface area contributed by atoms with Gasteiger partial charge in [0, 0.05) is 18.2 Å². The molecule has 2 nitrogen and oxygen atoms in total. The van der Waals surface area contributed by atoms with Gasteiger partial charge in [-0.3, -0.25) is 4.90 Å². The number of rotatable bonds is 7. The van der Waals surface area contributed by atoms with Crippen molar-refractivity contribution in [2.24, 2.45) is 5.73 Å². The summed E-state index contributed by atoms with van der Waals surface area (Å²) in [4.78, 5) is 2.57. The maximum atomic E-state index is 5.43. The Labute approximate surface area is 124 Å². The summed E-state index contributed by atoms with van der Waals surface area (Å²) in [6.45, 7) is 9.41. The molecule has 1 unspecified atom stereocenters. The highest BCUT2D eigenvalue weighted by Gasteiger charge is 2.12. The van der Waals surface area contributed by atoms with E-state index in [1.165, 1.54) is 31.4 Å². The second-order valence-corrected chi connectivity index (χ2v) is 5.29. The van der Waals surface area contributed by atoms with Crippen molar-refractivity contribution in [3.05, 3.63) is 35.4 Å². The highest BCUT2D eigenvalue weighted by atomic mass is 15.1. The average Bonchev–Trinajstić information content (AvgIpc) is 2.49. The summed E-state index contributed by atoms with van der Waals surface area (Å²) >= 11 is 0. The predicted octanol–water partition coefficient (Wildman–Crippen LogP) is 3.40. The Morgan fingerprint density at radius 1 is 1.30 bits per heavy atom. The molecule has 1 aromatic rings. The maximum Gasteiger partial charge on any atom is 0.0555 e. The van der Waals surface area contributed by atoms with Gasteiger partial charge in [-0.1, -0.05) is 44.2 Å². The summed E-state index contributed by atoms with van der Waals surface area (Å²) in [5.74, 6) is 6.03. The summed E-state index contributed by atoms with van der Waals surface area (Å²) in [5.41, 5.74) is 7.83. The van der Waals surface area contributed by atoms with Gasteiger partial charge in [0.2, 0.25) is 0 Å². The second-order valence-electron chi connectivity index (χ2n) is 5.29. The summed E-state index contributed by atoms with van der Waals surface area (Å²) < 4.78 is 0. The van der Waals surface area contributed by atoms with E-state index in [4.69, 9.17) is 5.73 Å². The summed E-state index contributed by atoms with van der Waals surface area (Å²) in [6.07, 6.45) is 3.70. The fourth-order valence-corrected chi connectivity index (χ4v) is 2.21. The molecule has 0 saturated carbocycles. The Morgan fingerprint density at radius 2 is 2.10 bits per heavy atom. The van der Waals surface area contributed by atoms with E-state index in [2.05, 4.69) is 55.7 Å². The van der Waals surface area contributed by atoms with Crippen LogP contribution in [0.2, 0.25) is 0 Å². The molecule has 2 N–H and O–H groups in total. The van der Waals surface area contributed by atoms with Crippen LogP contribution in [0.5, 0.6) is 0 Å². The highest BCUT2D eigenvalue weighted by molar-refractivity contribution is 5.37. The normalized spacial score (nSPS) is 12.1. The van der Waals surface area contributed by atoms with Gasteiger partial charge in [-0.2, -0.15) is 0 Å².